The summed E-state index contributed by atoms with van der Waals surface area (Å²) < 4.78 is 1.30. The van der Waals surface area contributed by atoms with Crippen molar-refractivity contribution in [3.05, 3.63) is 44.0 Å². The van der Waals surface area contributed by atoms with Gasteiger partial charge in [-0.15, -0.1) is 0 Å². The summed E-state index contributed by atoms with van der Waals surface area (Å²) >= 11 is 8.64. The number of rotatable bonds is 5. The van der Waals surface area contributed by atoms with E-state index in [9.17, 15) is 0 Å². The second kappa shape index (κ2) is 8.40. The molecule has 20 heavy (non-hydrogen) atoms. The van der Waals surface area contributed by atoms with Crippen molar-refractivity contribution in [1.82, 2.24) is 5.32 Å². The van der Waals surface area contributed by atoms with Crippen molar-refractivity contribution in [3.8, 4) is 0 Å². The van der Waals surface area contributed by atoms with Crippen molar-refractivity contribution in [1.29, 1.82) is 0 Å². The quantitative estimate of drug-likeness (QED) is 0.478. The molecule has 1 aromatic rings. The lowest BCUT2D eigenvalue weighted by molar-refractivity contribution is 0.565. The van der Waals surface area contributed by atoms with Gasteiger partial charge in [-0.25, -0.2) is 0 Å². The Hall–Kier alpha value is -0.0600. The fourth-order valence-corrected chi connectivity index (χ4v) is 3.59. The zero-order chi connectivity index (χ0) is 14.4. The van der Waals surface area contributed by atoms with Crippen LogP contribution in [-0.2, 0) is 0 Å². The lowest BCUT2D eigenvalue weighted by atomic mass is 9.95. The fraction of sp³-hybridized carbons (Fsp3) is 0.529. The van der Waals surface area contributed by atoms with E-state index in [-0.39, 0.29) is 0 Å². The Kier molecular flexibility index (Phi) is 6.85. The third-order valence-corrected chi connectivity index (χ3v) is 5.03. The van der Waals surface area contributed by atoms with Crippen molar-refractivity contribution < 1.29 is 0 Å². The van der Waals surface area contributed by atoms with Crippen molar-refractivity contribution in [3.63, 3.8) is 0 Å². The van der Waals surface area contributed by atoms with Crippen molar-refractivity contribution in [2.75, 3.05) is 6.54 Å². The third kappa shape index (κ3) is 4.47. The zero-order valence-electron chi connectivity index (χ0n) is 12.1. The topological polar surface area (TPSA) is 12.0 Å². The first-order chi connectivity index (χ1) is 9.72. The Morgan fingerprint density at radius 1 is 1.30 bits per heavy atom. The van der Waals surface area contributed by atoms with Gasteiger partial charge in [0.2, 0.25) is 0 Å². The Balaban J connectivity index is 2.30. The summed E-state index contributed by atoms with van der Waals surface area (Å²) in [6.07, 6.45) is 10.0. The third-order valence-electron chi connectivity index (χ3n) is 3.81. The molecule has 1 aliphatic carbocycles. The minimum atomic E-state index is 0.332. The first kappa shape index (κ1) is 16.3. The van der Waals surface area contributed by atoms with Crippen molar-refractivity contribution in [2.45, 2.75) is 51.5 Å². The summed E-state index contributed by atoms with van der Waals surface area (Å²) in [5, 5.41) is 4.55. The summed E-state index contributed by atoms with van der Waals surface area (Å²) in [6, 6.07) is 6.56. The van der Waals surface area contributed by atoms with Crippen molar-refractivity contribution >= 4 is 34.2 Å². The molecule has 0 spiro atoms. The lowest BCUT2D eigenvalue weighted by Crippen LogP contribution is -2.24. The average molecular weight is 404 g/mol. The molecule has 0 aliphatic heterocycles. The van der Waals surface area contributed by atoms with Crippen molar-refractivity contribution in [2.24, 2.45) is 0 Å². The average Bonchev–Trinajstić information content (AvgIpc) is 2.72. The molecule has 110 valence electrons. The van der Waals surface area contributed by atoms with Crippen LogP contribution in [0.5, 0.6) is 0 Å². The molecule has 0 heterocycles. The van der Waals surface area contributed by atoms with Gasteiger partial charge in [0.1, 0.15) is 0 Å². The van der Waals surface area contributed by atoms with Gasteiger partial charge in [0.25, 0.3) is 0 Å². The van der Waals surface area contributed by atoms with Gasteiger partial charge in [-0.2, -0.15) is 0 Å². The van der Waals surface area contributed by atoms with Gasteiger partial charge in [0, 0.05) is 8.59 Å². The largest absolute Gasteiger partial charge is 0.307 e. The van der Waals surface area contributed by atoms with Crippen LogP contribution < -0.4 is 5.32 Å². The Morgan fingerprint density at radius 3 is 2.95 bits per heavy atom. The van der Waals surface area contributed by atoms with Crippen LogP contribution in [0.25, 0.3) is 0 Å². The molecule has 0 fully saturated rings. The van der Waals surface area contributed by atoms with E-state index in [1.165, 1.54) is 41.2 Å². The van der Waals surface area contributed by atoms with Crippen LogP contribution in [-0.4, -0.2) is 6.54 Å². The number of benzene rings is 1. The minimum absolute atomic E-state index is 0.332. The normalized spacial score (nSPS) is 17.4. The molecular weight excluding hydrogens is 381 g/mol. The second-order valence-electron chi connectivity index (χ2n) is 5.43. The highest BCUT2D eigenvalue weighted by Gasteiger charge is 2.19. The number of hydrogen-bond acceptors (Lipinski definition) is 1. The minimum Gasteiger partial charge on any atom is -0.307 e. The van der Waals surface area contributed by atoms with E-state index in [0.29, 0.717) is 6.04 Å². The molecule has 0 saturated heterocycles. The fourth-order valence-electron chi connectivity index (χ4n) is 2.77. The van der Waals surface area contributed by atoms with Gasteiger partial charge in [-0.3, -0.25) is 0 Å². The Bertz CT molecular complexity index is 470. The van der Waals surface area contributed by atoms with Crippen LogP contribution >= 0.6 is 34.2 Å². The molecule has 1 nitrogen and oxygen atoms in total. The Labute approximate surface area is 141 Å². The van der Waals surface area contributed by atoms with Gasteiger partial charge in [-0.05, 0) is 85.0 Å². The summed E-state index contributed by atoms with van der Waals surface area (Å²) in [5.41, 5.74) is 2.89. The maximum atomic E-state index is 6.22. The maximum absolute atomic E-state index is 6.22. The standard InChI is InChI=1S/C17H23ClIN/c1-2-11-20-17(13-7-5-3-4-6-8-13)15-12-14(18)9-10-16(15)19/h7,9-10,12,17,20H,2-6,8,11H2,1H3. The predicted octanol–water partition coefficient (Wildman–Crippen LogP) is 5.88. The van der Waals surface area contributed by atoms with Crippen LogP contribution in [0.15, 0.2) is 29.8 Å². The maximum Gasteiger partial charge on any atom is 0.0547 e. The van der Waals surface area contributed by atoms with Gasteiger partial charge >= 0.3 is 0 Å². The summed E-state index contributed by atoms with van der Waals surface area (Å²) in [5.74, 6) is 0. The summed E-state index contributed by atoms with van der Waals surface area (Å²) in [4.78, 5) is 0. The Morgan fingerprint density at radius 2 is 2.15 bits per heavy atom. The van der Waals surface area contributed by atoms with Gasteiger partial charge in [0.15, 0.2) is 0 Å². The van der Waals surface area contributed by atoms with E-state index in [1.54, 1.807) is 5.57 Å². The highest BCUT2D eigenvalue weighted by molar-refractivity contribution is 14.1. The molecule has 1 N–H and O–H groups in total. The van der Waals surface area contributed by atoms with Crippen LogP contribution in [0.4, 0.5) is 0 Å². The molecule has 0 amide bonds. The zero-order valence-corrected chi connectivity index (χ0v) is 15.0. The van der Waals surface area contributed by atoms with E-state index in [4.69, 9.17) is 11.6 Å². The second-order valence-corrected chi connectivity index (χ2v) is 7.03. The molecule has 1 unspecified atom stereocenters. The van der Waals surface area contributed by atoms with Crippen LogP contribution in [0.1, 0.15) is 57.1 Å². The first-order valence-corrected chi connectivity index (χ1v) is 9.05. The van der Waals surface area contributed by atoms with Crippen LogP contribution in [0, 0.1) is 3.57 Å². The van der Waals surface area contributed by atoms with Gasteiger partial charge in [-0.1, -0.05) is 36.6 Å². The smallest absolute Gasteiger partial charge is 0.0547 e. The van der Waals surface area contributed by atoms with E-state index in [1.807, 2.05) is 6.07 Å². The SMILES string of the molecule is CCCNC(C1=CCCCCC1)c1cc(Cl)ccc1I. The number of hydrogen-bond donors (Lipinski definition) is 1. The summed E-state index contributed by atoms with van der Waals surface area (Å²) in [6.45, 7) is 3.26. The van der Waals surface area contributed by atoms with Crippen LogP contribution in [0.2, 0.25) is 5.02 Å². The highest BCUT2D eigenvalue weighted by Crippen LogP contribution is 2.33. The molecule has 1 aromatic carbocycles. The number of nitrogens with one attached hydrogen (secondary N) is 1. The van der Waals surface area contributed by atoms with E-state index >= 15 is 0 Å². The van der Waals surface area contributed by atoms with Gasteiger partial charge in [0.05, 0.1) is 6.04 Å². The van der Waals surface area contributed by atoms with Crippen LogP contribution in [0.3, 0.4) is 0 Å². The molecule has 0 radical (unpaired) electrons. The number of allylic oxidation sites excluding steroid dienone is 1. The monoisotopic (exact) mass is 403 g/mol. The molecule has 1 aliphatic rings. The molecule has 0 saturated carbocycles. The molecule has 0 bridgehead atoms. The summed E-state index contributed by atoms with van der Waals surface area (Å²) in [7, 11) is 0. The first-order valence-electron chi connectivity index (χ1n) is 7.59. The van der Waals surface area contributed by atoms with E-state index in [2.05, 4.69) is 53.0 Å². The predicted molar refractivity (Wildman–Crippen MR) is 96.4 cm³/mol. The van der Waals surface area contributed by atoms with E-state index < -0.39 is 0 Å². The van der Waals surface area contributed by atoms with E-state index in [0.717, 1.165) is 18.0 Å². The molecule has 1 atom stereocenters. The lowest BCUT2D eigenvalue weighted by Gasteiger charge is -2.23. The molecular formula is C17H23ClIN. The molecule has 2 rings (SSSR count). The number of halogens is 2. The molecule has 0 aromatic heterocycles. The van der Waals surface area contributed by atoms with Gasteiger partial charge < -0.3 is 5.32 Å². The highest BCUT2D eigenvalue weighted by atomic mass is 127. The molecule has 3 heteroatoms.